The Hall–Kier alpha value is -1.49. The smallest absolute Gasteiger partial charge is 0.248 e. The van der Waals surface area contributed by atoms with Crippen LogP contribution < -0.4 is 3.71 Å². The van der Waals surface area contributed by atoms with E-state index in [4.69, 9.17) is 11.6 Å². The highest BCUT2D eigenvalue weighted by molar-refractivity contribution is 9.10. The maximum absolute atomic E-state index is 14.8. The molecule has 0 fully saturated rings. The predicted molar refractivity (Wildman–Crippen MR) is 110 cm³/mol. The second-order valence-electron chi connectivity index (χ2n) is 5.62. The van der Waals surface area contributed by atoms with Crippen molar-refractivity contribution >= 4 is 59.0 Å². The van der Waals surface area contributed by atoms with Crippen LogP contribution in [0.1, 0.15) is 29.8 Å². The second-order valence-corrected chi connectivity index (χ2v) is 11.4. The Morgan fingerprint density at radius 2 is 1.54 bits per heavy atom. The molecule has 0 aliphatic rings. The van der Waals surface area contributed by atoms with E-state index < -0.39 is 48.8 Å². The second kappa shape index (κ2) is 8.48. The first kappa shape index (κ1) is 22.8. The molecule has 2 aromatic rings. The molecule has 0 saturated carbocycles. The number of ketones is 1. The number of rotatable bonds is 7. The molecule has 11 heteroatoms. The number of nitrogens with zero attached hydrogens (tertiary/aromatic N) is 1. The van der Waals surface area contributed by atoms with Gasteiger partial charge in [-0.05, 0) is 66.2 Å². The summed E-state index contributed by atoms with van der Waals surface area (Å²) < 4.78 is 64.2. The topological polar surface area (TPSA) is 88.6 Å². The summed E-state index contributed by atoms with van der Waals surface area (Å²) in [5.74, 6) is -2.80. The van der Waals surface area contributed by atoms with E-state index in [1.54, 1.807) is 0 Å². The van der Waals surface area contributed by atoms with E-state index >= 15 is 0 Å². The molecule has 0 amide bonds. The average Bonchev–Trinajstić information content (AvgIpc) is 2.64. The molecule has 0 radical (unpaired) electrons. The predicted octanol–water partition coefficient (Wildman–Crippen LogP) is 3.98. The quantitative estimate of drug-likeness (QED) is 0.524. The molecule has 0 aliphatic heterocycles. The SMILES string of the molecule is CCS(=O)(=O)N(c1cc(Br)c(C(=O)c2ccc(Cl)cc2)cc1F)S(=O)(=O)CC. The van der Waals surface area contributed by atoms with Crippen molar-refractivity contribution < 1.29 is 26.0 Å². The van der Waals surface area contributed by atoms with E-state index in [0.717, 1.165) is 12.1 Å². The standard InChI is InChI=1S/C17H16BrClFNO5S2/c1-3-27(23,24)21(28(25,26)4-2)16-10-14(18)13(9-15(16)20)17(22)11-5-7-12(19)8-6-11/h5-10H,3-4H2,1-2H3. The van der Waals surface area contributed by atoms with Crippen LogP contribution in [-0.4, -0.2) is 34.1 Å². The van der Waals surface area contributed by atoms with Crippen molar-refractivity contribution in [2.24, 2.45) is 0 Å². The third kappa shape index (κ3) is 4.56. The molecule has 28 heavy (non-hydrogen) atoms. The van der Waals surface area contributed by atoms with Gasteiger partial charge in [-0.15, -0.1) is 0 Å². The first-order valence-corrected chi connectivity index (χ1v) is 12.4. The van der Waals surface area contributed by atoms with Gasteiger partial charge < -0.3 is 0 Å². The monoisotopic (exact) mass is 511 g/mol. The molecule has 0 aliphatic carbocycles. The van der Waals surface area contributed by atoms with Crippen LogP contribution in [-0.2, 0) is 20.0 Å². The summed E-state index contributed by atoms with van der Waals surface area (Å²) >= 11 is 8.90. The van der Waals surface area contributed by atoms with Crippen LogP contribution in [0.4, 0.5) is 10.1 Å². The van der Waals surface area contributed by atoms with Gasteiger partial charge in [0, 0.05) is 20.6 Å². The van der Waals surface area contributed by atoms with Crippen molar-refractivity contribution in [3.63, 3.8) is 0 Å². The summed E-state index contributed by atoms with van der Waals surface area (Å²) in [7, 11) is -8.65. The number of sulfonamides is 2. The lowest BCUT2D eigenvalue weighted by molar-refractivity contribution is 0.103. The number of carbonyl (C=O) groups is 1. The van der Waals surface area contributed by atoms with Crippen LogP contribution >= 0.6 is 27.5 Å². The van der Waals surface area contributed by atoms with Crippen molar-refractivity contribution in [3.05, 3.63) is 62.8 Å². The molecule has 0 spiro atoms. The Labute approximate surface area is 176 Å². The molecule has 2 aromatic carbocycles. The van der Waals surface area contributed by atoms with E-state index in [2.05, 4.69) is 15.9 Å². The molecule has 0 bridgehead atoms. The van der Waals surface area contributed by atoms with Gasteiger partial charge in [0.15, 0.2) is 5.78 Å². The maximum Gasteiger partial charge on any atom is 0.248 e. The van der Waals surface area contributed by atoms with Crippen molar-refractivity contribution in [1.82, 2.24) is 0 Å². The molecule has 2 rings (SSSR count). The zero-order valence-corrected chi connectivity index (χ0v) is 18.8. The van der Waals surface area contributed by atoms with E-state index in [9.17, 15) is 26.0 Å². The zero-order valence-electron chi connectivity index (χ0n) is 14.8. The van der Waals surface area contributed by atoms with Gasteiger partial charge in [0.25, 0.3) is 0 Å². The first-order valence-electron chi connectivity index (χ1n) is 7.99. The Balaban J connectivity index is 2.64. The van der Waals surface area contributed by atoms with E-state index in [0.29, 0.717) is 5.02 Å². The van der Waals surface area contributed by atoms with E-state index in [-0.39, 0.29) is 19.3 Å². The molecule has 0 atom stereocenters. The van der Waals surface area contributed by atoms with E-state index in [1.807, 2.05) is 0 Å². The fraction of sp³-hybridized carbons (Fsp3) is 0.235. The minimum atomic E-state index is -4.33. The fourth-order valence-corrected chi connectivity index (χ4v) is 6.32. The summed E-state index contributed by atoms with van der Waals surface area (Å²) in [6.07, 6.45) is 0. The summed E-state index contributed by atoms with van der Waals surface area (Å²) in [6.45, 7) is 2.50. The number of carbonyl (C=O) groups excluding carboxylic acids is 1. The van der Waals surface area contributed by atoms with Crippen LogP contribution in [0.2, 0.25) is 5.02 Å². The van der Waals surface area contributed by atoms with Gasteiger partial charge in [-0.1, -0.05) is 11.6 Å². The van der Waals surface area contributed by atoms with Gasteiger partial charge in [-0.2, -0.15) is 3.71 Å². The lowest BCUT2D eigenvalue weighted by Gasteiger charge is -2.23. The summed E-state index contributed by atoms with van der Waals surface area (Å²) in [5.41, 5.74) is -0.536. The Bertz CT molecular complexity index is 1080. The Morgan fingerprint density at radius 1 is 1.04 bits per heavy atom. The third-order valence-corrected chi connectivity index (χ3v) is 8.95. The van der Waals surface area contributed by atoms with Gasteiger partial charge in [-0.3, -0.25) is 4.79 Å². The van der Waals surface area contributed by atoms with Gasteiger partial charge in [0.1, 0.15) is 11.5 Å². The van der Waals surface area contributed by atoms with Gasteiger partial charge in [-0.25, -0.2) is 21.2 Å². The van der Waals surface area contributed by atoms with Gasteiger partial charge in [0.2, 0.25) is 20.0 Å². The normalized spacial score (nSPS) is 12.0. The highest BCUT2D eigenvalue weighted by atomic mass is 79.9. The van der Waals surface area contributed by atoms with Crippen molar-refractivity contribution in [2.75, 3.05) is 15.2 Å². The molecule has 0 saturated heterocycles. The minimum absolute atomic E-state index is 0.0476. The van der Waals surface area contributed by atoms with Crippen LogP contribution in [0.25, 0.3) is 0 Å². The highest BCUT2D eigenvalue weighted by Crippen LogP contribution is 2.32. The number of hydrogen-bond donors (Lipinski definition) is 0. The van der Waals surface area contributed by atoms with Gasteiger partial charge >= 0.3 is 0 Å². The molecular weight excluding hydrogens is 497 g/mol. The van der Waals surface area contributed by atoms with Crippen molar-refractivity contribution in [3.8, 4) is 0 Å². The highest BCUT2D eigenvalue weighted by Gasteiger charge is 2.34. The van der Waals surface area contributed by atoms with Crippen molar-refractivity contribution in [2.45, 2.75) is 13.8 Å². The Morgan fingerprint density at radius 3 is 2.00 bits per heavy atom. The van der Waals surface area contributed by atoms with Crippen LogP contribution in [0.15, 0.2) is 40.9 Å². The van der Waals surface area contributed by atoms with Crippen LogP contribution in [0.3, 0.4) is 0 Å². The number of hydrogen-bond acceptors (Lipinski definition) is 5. The number of halogens is 3. The molecular formula is C17H16BrClFNO5S2. The lowest BCUT2D eigenvalue weighted by atomic mass is 10.0. The van der Waals surface area contributed by atoms with E-state index in [1.165, 1.54) is 38.1 Å². The third-order valence-electron chi connectivity index (χ3n) is 3.82. The molecule has 0 aromatic heterocycles. The van der Waals surface area contributed by atoms with Crippen LogP contribution in [0, 0.1) is 5.82 Å². The molecule has 0 heterocycles. The van der Waals surface area contributed by atoms with Crippen LogP contribution in [0.5, 0.6) is 0 Å². The maximum atomic E-state index is 14.8. The molecule has 152 valence electrons. The number of anilines is 1. The zero-order chi connectivity index (χ0) is 21.3. The summed E-state index contributed by atoms with van der Waals surface area (Å²) in [4.78, 5) is 12.6. The first-order chi connectivity index (χ1) is 12.9. The molecule has 0 unspecified atom stereocenters. The fourth-order valence-electron chi connectivity index (χ4n) is 2.31. The largest absolute Gasteiger partial charge is 0.289 e. The summed E-state index contributed by atoms with van der Waals surface area (Å²) in [6, 6.07) is 7.68. The lowest BCUT2D eigenvalue weighted by Crippen LogP contribution is -2.39. The average molecular weight is 513 g/mol. The number of benzene rings is 2. The minimum Gasteiger partial charge on any atom is -0.289 e. The molecule has 6 nitrogen and oxygen atoms in total. The Kier molecular flexibility index (Phi) is 6.90. The summed E-state index contributed by atoms with van der Waals surface area (Å²) in [5, 5.41) is 0.419. The molecule has 0 N–H and O–H groups in total. The van der Waals surface area contributed by atoms with Crippen molar-refractivity contribution in [1.29, 1.82) is 0 Å². The van der Waals surface area contributed by atoms with Gasteiger partial charge in [0.05, 0.1) is 11.5 Å².